The third-order valence-corrected chi connectivity index (χ3v) is 4.90. The highest BCUT2D eigenvalue weighted by molar-refractivity contribution is 6.31. The molecule has 0 saturated carbocycles. The van der Waals surface area contributed by atoms with E-state index in [2.05, 4.69) is 0 Å². The molecular weight excluding hydrogens is 399 g/mol. The van der Waals surface area contributed by atoms with E-state index in [-0.39, 0.29) is 30.4 Å². The van der Waals surface area contributed by atoms with Crippen LogP contribution in [0.5, 0.6) is 5.75 Å². The molecule has 0 aliphatic heterocycles. The minimum absolute atomic E-state index is 0.116. The topological polar surface area (TPSA) is 65.7 Å². The lowest BCUT2D eigenvalue weighted by molar-refractivity contribution is -0.143. The molecule has 7 heteroatoms. The van der Waals surface area contributed by atoms with Crippen molar-refractivity contribution in [3.05, 3.63) is 74.3 Å². The predicted octanol–water partition coefficient (Wildman–Crippen LogP) is 4.97. The summed E-state index contributed by atoms with van der Waals surface area (Å²) in [6, 6.07) is 9.26. The van der Waals surface area contributed by atoms with Gasteiger partial charge in [0.05, 0.1) is 11.6 Å². The number of esters is 1. The van der Waals surface area contributed by atoms with Crippen molar-refractivity contribution in [2.45, 2.75) is 33.3 Å². The van der Waals surface area contributed by atoms with E-state index in [0.29, 0.717) is 29.1 Å². The normalized spacial score (nSPS) is 10.9. The van der Waals surface area contributed by atoms with Crippen molar-refractivity contribution in [3.8, 4) is 5.75 Å². The van der Waals surface area contributed by atoms with Gasteiger partial charge in [-0.05, 0) is 50.1 Å². The molecular formula is C22H20ClFO5. The van der Waals surface area contributed by atoms with Crippen molar-refractivity contribution < 1.29 is 23.1 Å². The minimum Gasteiger partial charge on any atom is -0.489 e. The molecule has 0 aliphatic rings. The predicted molar refractivity (Wildman–Crippen MR) is 108 cm³/mol. The van der Waals surface area contributed by atoms with Crippen LogP contribution in [-0.2, 0) is 22.6 Å². The van der Waals surface area contributed by atoms with Gasteiger partial charge in [0.1, 0.15) is 23.8 Å². The highest BCUT2D eigenvalue weighted by atomic mass is 35.5. The van der Waals surface area contributed by atoms with E-state index in [0.717, 1.165) is 10.9 Å². The van der Waals surface area contributed by atoms with Gasteiger partial charge in [0.2, 0.25) is 0 Å². The van der Waals surface area contributed by atoms with Crippen LogP contribution in [0.15, 0.2) is 45.6 Å². The Bertz CT molecular complexity index is 1110. The first-order valence-electron chi connectivity index (χ1n) is 9.17. The second kappa shape index (κ2) is 9.09. The Morgan fingerprint density at radius 3 is 2.72 bits per heavy atom. The molecule has 5 nitrogen and oxygen atoms in total. The number of carbonyl (C=O) groups is 1. The van der Waals surface area contributed by atoms with Crippen molar-refractivity contribution in [1.82, 2.24) is 0 Å². The molecule has 0 atom stereocenters. The van der Waals surface area contributed by atoms with E-state index in [4.69, 9.17) is 25.5 Å². The number of rotatable bonds is 7. The molecule has 0 fully saturated rings. The first-order chi connectivity index (χ1) is 13.9. The number of benzene rings is 2. The number of ether oxygens (including phenoxy) is 2. The van der Waals surface area contributed by atoms with E-state index in [1.54, 1.807) is 31.2 Å². The summed E-state index contributed by atoms with van der Waals surface area (Å²) < 4.78 is 29.2. The van der Waals surface area contributed by atoms with Crippen LogP contribution in [0, 0.1) is 12.7 Å². The Balaban J connectivity index is 1.80. The molecule has 152 valence electrons. The fourth-order valence-electron chi connectivity index (χ4n) is 3.01. The molecule has 1 aromatic heterocycles. The molecule has 0 aliphatic carbocycles. The van der Waals surface area contributed by atoms with Crippen LogP contribution in [0.25, 0.3) is 11.0 Å². The molecule has 0 saturated heterocycles. The Morgan fingerprint density at radius 1 is 1.21 bits per heavy atom. The Morgan fingerprint density at radius 2 is 2.00 bits per heavy atom. The van der Waals surface area contributed by atoms with Gasteiger partial charge >= 0.3 is 11.6 Å². The summed E-state index contributed by atoms with van der Waals surface area (Å²) in [5.74, 6) is -0.283. The highest BCUT2D eigenvalue weighted by Gasteiger charge is 2.14. The van der Waals surface area contributed by atoms with Gasteiger partial charge < -0.3 is 13.9 Å². The number of hydrogen-bond donors (Lipinski definition) is 0. The molecule has 3 aromatic rings. The number of halogens is 2. The van der Waals surface area contributed by atoms with Gasteiger partial charge in [-0.25, -0.2) is 9.18 Å². The molecule has 0 bridgehead atoms. The van der Waals surface area contributed by atoms with Gasteiger partial charge in [-0.15, -0.1) is 0 Å². The molecule has 0 N–H and O–H groups in total. The van der Waals surface area contributed by atoms with Crippen molar-refractivity contribution in [3.63, 3.8) is 0 Å². The third-order valence-electron chi connectivity index (χ3n) is 4.55. The zero-order valence-corrected chi connectivity index (χ0v) is 16.8. The third kappa shape index (κ3) is 4.95. The molecule has 1 heterocycles. The zero-order valence-electron chi connectivity index (χ0n) is 16.1. The first-order valence-corrected chi connectivity index (χ1v) is 9.55. The molecule has 29 heavy (non-hydrogen) atoms. The Hall–Kier alpha value is -2.86. The summed E-state index contributed by atoms with van der Waals surface area (Å²) in [4.78, 5) is 24.0. The van der Waals surface area contributed by atoms with Crippen molar-refractivity contribution >= 4 is 28.5 Å². The SMILES string of the molecule is CCOC(=O)CCc1c(C)c2ccc(OCc3ccc(F)cc3Cl)cc2oc1=O. The summed E-state index contributed by atoms with van der Waals surface area (Å²) in [7, 11) is 0. The number of carbonyl (C=O) groups excluding carboxylic acids is 1. The monoisotopic (exact) mass is 418 g/mol. The standard InChI is InChI=1S/C22H20ClFO5/c1-3-27-21(25)9-8-18-13(2)17-7-6-16(11-20(17)29-22(18)26)28-12-14-4-5-15(24)10-19(14)23/h4-7,10-11H,3,8-9,12H2,1-2H3. The molecule has 3 rings (SSSR count). The smallest absolute Gasteiger partial charge is 0.339 e. The van der Waals surface area contributed by atoms with Crippen LogP contribution in [0.2, 0.25) is 5.02 Å². The maximum absolute atomic E-state index is 13.1. The maximum atomic E-state index is 13.1. The Kier molecular flexibility index (Phi) is 6.54. The average molecular weight is 419 g/mol. The van der Waals surface area contributed by atoms with Gasteiger partial charge in [0, 0.05) is 29.0 Å². The highest BCUT2D eigenvalue weighted by Crippen LogP contribution is 2.26. The summed E-state index contributed by atoms with van der Waals surface area (Å²) in [5, 5.41) is 1.04. The summed E-state index contributed by atoms with van der Waals surface area (Å²) in [6.45, 7) is 4.00. The van der Waals surface area contributed by atoms with Gasteiger partial charge in [0.15, 0.2) is 0 Å². The molecule has 0 amide bonds. The lowest BCUT2D eigenvalue weighted by Crippen LogP contribution is -2.13. The van der Waals surface area contributed by atoms with Gasteiger partial charge in [-0.2, -0.15) is 0 Å². The van der Waals surface area contributed by atoms with Crippen molar-refractivity contribution in [1.29, 1.82) is 0 Å². The van der Waals surface area contributed by atoms with E-state index in [9.17, 15) is 14.0 Å². The fraction of sp³-hybridized carbons (Fsp3) is 0.273. The van der Waals surface area contributed by atoms with Crippen molar-refractivity contribution in [2.24, 2.45) is 0 Å². The minimum atomic E-state index is -0.488. The van der Waals surface area contributed by atoms with E-state index >= 15 is 0 Å². The van der Waals surface area contributed by atoms with Gasteiger partial charge in [-0.3, -0.25) is 4.79 Å². The lowest BCUT2D eigenvalue weighted by atomic mass is 10.0. The second-order valence-corrected chi connectivity index (χ2v) is 6.89. The number of hydrogen-bond acceptors (Lipinski definition) is 5. The van der Waals surface area contributed by atoms with Crippen LogP contribution < -0.4 is 10.4 Å². The van der Waals surface area contributed by atoms with Crippen LogP contribution in [0.3, 0.4) is 0 Å². The van der Waals surface area contributed by atoms with Crippen LogP contribution in [0.1, 0.15) is 30.0 Å². The van der Waals surface area contributed by atoms with Gasteiger partial charge in [0.25, 0.3) is 0 Å². The summed E-state index contributed by atoms with van der Waals surface area (Å²) in [6.07, 6.45) is 0.370. The molecule has 0 radical (unpaired) electrons. The van der Waals surface area contributed by atoms with E-state index in [1.165, 1.54) is 12.1 Å². The van der Waals surface area contributed by atoms with E-state index < -0.39 is 11.4 Å². The quantitative estimate of drug-likeness (QED) is 0.400. The lowest BCUT2D eigenvalue weighted by Gasteiger charge is -2.11. The van der Waals surface area contributed by atoms with E-state index in [1.807, 2.05) is 6.92 Å². The zero-order chi connectivity index (χ0) is 21.0. The average Bonchev–Trinajstić information content (AvgIpc) is 2.67. The van der Waals surface area contributed by atoms with Crippen LogP contribution >= 0.6 is 11.6 Å². The first kappa shape index (κ1) is 20.9. The summed E-state index contributed by atoms with van der Waals surface area (Å²) >= 11 is 6.01. The summed E-state index contributed by atoms with van der Waals surface area (Å²) in [5.41, 5.74) is 1.75. The molecule has 0 spiro atoms. The number of aryl methyl sites for hydroxylation is 1. The molecule has 2 aromatic carbocycles. The fourth-order valence-corrected chi connectivity index (χ4v) is 3.24. The largest absolute Gasteiger partial charge is 0.489 e. The van der Waals surface area contributed by atoms with Crippen LogP contribution in [-0.4, -0.2) is 12.6 Å². The maximum Gasteiger partial charge on any atom is 0.339 e. The molecule has 0 unspecified atom stereocenters. The second-order valence-electron chi connectivity index (χ2n) is 6.48. The van der Waals surface area contributed by atoms with Crippen molar-refractivity contribution in [2.75, 3.05) is 6.61 Å². The van der Waals surface area contributed by atoms with Crippen LogP contribution in [0.4, 0.5) is 4.39 Å². The van der Waals surface area contributed by atoms with Gasteiger partial charge in [-0.1, -0.05) is 17.7 Å². The Labute approximate surface area is 172 Å². The number of fused-ring (bicyclic) bond motifs is 1.